The quantitative estimate of drug-likeness (QED) is 0.594. The molecule has 2 rings (SSSR count). The largest absolute Gasteiger partial charge is 0.489 e. The Kier molecular flexibility index (Phi) is 4.96. The van der Waals surface area contributed by atoms with Crippen LogP contribution in [0.3, 0.4) is 0 Å². The van der Waals surface area contributed by atoms with Crippen molar-refractivity contribution in [2.45, 2.75) is 38.7 Å². The molecule has 0 aromatic heterocycles. The Morgan fingerprint density at radius 1 is 1.60 bits per heavy atom. The van der Waals surface area contributed by atoms with Crippen LogP contribution in [0.25, 0.3) is 0 Å². The molecule has 0 saturated carbocycles. The summed E-state index contributed by atoms with van der Waals surface area (Å²) in [7, 11) is 0. The molecule has 0 fully saturated rings. The molecule has 0 amide bonds. The molecule has 108 valence electrons. The normalized spacial score (nSPS) is 26.2. The van der Waals surface area contributed by atoms with Gasteiger partial charge < -0.3 is 15.3 Å². The third-order valence-electron chi connectivity index (χ3n) is 3.82. The molecule has 0 spiro atoms. The van der Waals surface area contributed by atoms with Crippen molar-refractivity contribution in [2.24, 2.45) is 5.92 Å². The van der Waals surface area contributed by atoms with Gasteiger partial charge in [0.25, 0.3) is 0 Å². The van der Waals surface area contributed by atoms with Gasteiger partial charge in [-0.15, -0.1) is 0 Å². The van der Waals surface area contributed by atoms with Gasteiger partial charge >= 0.3 is 0 Å². The Balaban J connectivity index is 2.01. The third-order valence-corrected chi connectivity index (χ3v) is 3.82. The zero-order chi connectivity index (χ0) is 14.5. The first-order chi connectivity index (χ1) is 9.60. The molecule has 0 aromatic rings. The van der Waals surface area contributed by atoms with E-state index in [0.29, 0.717) is 12.5 Å². The van der Waals surface area contributed by atoms with Crippen molar-refractivity contribution in [1.82, 2.24) is 0 Å². The van der Waals surface area contributed by atoms with Crippen LogP contribution in [0.4, 0.5) is 0 Å². The zero-order valence-electron chi connectivity index (χ0n) is 12.1. The SMILES string of the molecule is C=C(C=N)C1=CC(OCC2=CCCCC2O)=CC(C)C1. The number of aliphatic hydroxyl groups is 1. The summed E-state index contributed by atoms with van der Waals surface area (Å²) in [4.78, 5) is 0. The molecular formula is C17H23NO2. The van der Waals surface area contributed by atoms with Crippen LogP contribution in [-0.2, 0) is 4.74 Å². The second-order valence-corrected chi connectivity index (χ2v) is 5.60. The fourth-order valence-corrected chi connectivity index (χ4v) is 2.61. The molecular weight excluding hydrogens is 250 g/mol. The maximum atomic E-state index is 9.90. The van der Waals surface area contributed by atoms with Crippen molar-refractivity contribution < 1.29 is 9.84 Å². The standard InChI is InChI=1S/C17H23NO2/c1-12-7-15(13(2)10-18)9-16(8-12)20-11-14-5-3-4-6-17(14)19/h5,8-10,12,17-19H,2-4,6-7,11H2,1H3. The Hall–Kier alpha value is -1.61. The van der Waals surface area contributed by atoms with E-state index in [4.69, 9.17) is 10.1 Å². The molecule has 2 unspecified atom stereocenters. The lowest BCUT2D eigenvalue weighted by Gasteiger charge is -2.23. The van der Waals surface area contributed by atoms with Gasteiger partial charge in [-0.05, 0) is 60.5 Å². The van der Waals surface area contributed by atoms with E-state index in [9.17, 15) is 5.11 Å². The van der Waals surface area contributed by atoms with Crippen molar-refractivity contribution in [3.05, 3.63) is 47.3 Å². The molecule has 2 aliphatic rings. The molecule has 0 bridgehead atoms. The van der Waals surface area contributed by atoms with Gasteiger partial charge in [0.15, 0.2) is 0 Å². The Morgan fingerprint density at radius 2 is 2.40 bits per heavy atom. The van der Waals surface area contributed by atoms with E-state index in [-0.39, 0.29) is 6.10 Å². The van der Waals surface area contributed by atoms with E-state index in [1.807, 2.05) is 6.08 Å². The minimum atomic E-state index is -0.356. The molecule has 2 atom stereocenters. The zero-order valence-corrected chi connectivity index (χ0v) is 12.1. The lowest BCUT2D eigenvalue weighted by Crippen LogP contribution is -2.18. The maximum Gasteiger partial charge on any atom is 0.116 e. The number of hydrogen-bond acceptors (Lipinski definition) is 3. The summed E-state index contributed by atoms with van der Waals surface area (Å²) >= 11 is 0. The smallest absolute Gasteiger partial charge is 0.116 e. The molecule has 0 aromatic carbocycles. The number of hydrogen-bond donors (Lipinski definition) is 2. The minimum Gasteiger partial charge on any atom is -0.489 e. The predicted molar refractivity (Wildman–Crippen MR) is 81.8 cm³/mol. The topological polar surface area (TPSA) is 53.3 Å². The summed E-state index contributed by atoms with van der Waals surface area (Å²) < 4.78 is 5.83. The fraction of sp³-hybridized carbons (Fsp3) is 0.471. The van der Waals surface area contributed by atoms with Crippen LogP contribution in [0.5, 0.6) is 0 Å². The van der Waals surface area contributed by atoms with E-state index in [2.05, 4.69) is 25.7 Å². The van der Waals surface area contributed by atoms with E-state index >= 15 is 0 Å². The highest BCUT2D eigenvalue weighted by atomic mass is 16.5. The summed E-state index contributed by atoms with van der Waals surface area (Å²) in [5.41, 5.74) is 2.78. The Labute approximate surface area is 120 Å². The number of ether oxygens (including phenoxy) is 1. The lowest BCUT2D eigenvalue weighted by molar-refractivity contribution is 0.157. The molecule has 3 nitrogen and oxygen atoms in total. The Morgan fingerprint density at radius 3 is 3.10 bits per heavy atom. The van der Waals surface area contributed by atoms with E-state index in [1.54, 1.807) is 0 Å². The molecule has 0 heterocycles. The van der Waals surface area contributed by atoms with Gasteiger partial charge in [-0.3, -0.25) is 0 Å². The van der Waals surface area contributed by atoms with E-state index in [0.717, 1.165) is 48.2 Å². The highest BCUT2D eigenvalue weighted by Crippen LogP contribution is 2.27. The number of aliphatic hydroxyl groups excluding tert-OH is 1. The number of allylic oxidation sites excluding steroid dienone is 5. The first-order valence-electron chi connectivity index (χ1n) is 7.22. The average Bonchev–Trinajstić information content (AvgIpc) is 2.45. The van der Waals surface area contributed by atoms with Gasteiger partial charge in [-0.1, -0.05) is 19.6 Å². The monoisotopic (exact) mass is 273 g/mol. The first-order valence-corrected chi connectivity index (χ1v) is 7.22. The fourth-order valence-electron chi connectivity index (χ4n) is 2.61. The summed E-state index contributed by atoms with van der Waals surface area (Å²) in [5, 5.41) is 17.2. The first kappa shape index (κ1) is 14.8. The third kappa shape index (κ3) is 3.70. The van der Waals surface area contributed by atoms with Gasteiger partial charge in [0.2, 0.25) is 0 Å². The van der Waals surface area contributed by atoms with E-state index in [1.165, 1.54) is 6.21 Å². The van der Waals surface area contributed by atoms with Crippen molar-refractivity contribution in [2.75, 3.05) is 6.61 Å². The van der Waals surface area contributed by atoms with Crippen LogP contribution >= 0.6 is 0 Å². The summed E-state index contributed by atoms with van der Waals surface area (Å²) in [6, 6.07) is 0. The molecule has 0 saturated heterocycles. The van der Waals surface area contributed by atoms with Crippen LogP contribution < -0.4 is 0 Å². The van der Waals surface area contributed by atoms with Crippen LogP contribution in [0.15, 0.2) is 47.3 Å². The van der Waals surface area contributed by atoms with Gasteiger partial charge in [-0.25, -0.2) is 0 Å². The van der Waals surface area contributed by atoms with Crippen LogP contribution in [0, 0.1) is 11.3 Å². The predicted octanol–water partition coefficient (Wildman–Crippen LogP) is 3.53. The maximum absolute atomic E-state index is 9.90. The highest BCUT2D eigenvalue weighted by molar-refractivity contribution is 5.81. The summed E-state index contributed by atoms with van der Waals surface area (Å²) in [6.07, 6.45) is 10.9. The second kappa shape index (κ2) is 6.71. The van der Waals surface area contributed by atoms with Crippen molar-refractivity contribution in [1.29, 1.82) is 5.41 Å². The number of nitrogens with one attached hydrogen (secondary N) is 1. The second-order valence-electron chi connectivity index (χ2n) is 5.60. The molecule has 20 heavy (non-hydrogen) atoms. The van der Waals surface area contributed by atoms with E-state index < -0.39 is 0 Å². The van der Waals surface area contributed by atoms with Crippen LogP contribution in [-0.4, -0.2) is 24.0 Å². The lowest BCUT2D eigenvalue weighted by atomic mass is 9.91. The molecule has 2 N–H and O–H groups in total. The van der Waals surface area contributed by atoms with Gasteiger partial charge in [-0.2, -0.15) is 0 Å². The molecule has 0 aliphatic heterocycles. The van der Waals surface area contributed by atoms with Gasteiger partial charge in [0.05, 0.1) is 6.10 Å². The molecule has 2 aliphatic carbocycles. The van der Waals surface area contributed by atoms with Gasteiger partial charge in [0.1, 0.15) is 12.4 Å². The van der Waals surface area contributed by atoms with Crippen LogP contribution in [0.1, 0.15) is 32.6 Å². The van der Waals surface area contributed by atoms with Crippen molar-refractivity contribution >= 4 is 6.21 Å². The Bertz CT molecular complexity index is 485. The minimum absolute atomic E-state index is 0.356. The highest BCUT2D eigenvalue weighted by Gasteiger charge is 2.17. The van der Waals surface area contributed by atoms with Crippen molar-refractivity contribution in [3.8, 4) is 0 Å². The van der Waals surface area contributed by atoms with Crippen molar-refractivity contribution in [3.63, 3.8) is 0 Å². The molecule has 0 radical (unpaired) electrons. The average molecular weight is 273 g/mol. The summed E-state index contributed by atoms with van der Waals surface area (Å²) in [5.74, 6) is 1.20. The summed E-state index contributed by atoms with van der Waals surface area (Å²) in [6.45, 7) is 6.45. The molecule has 3 heteroatoms. The van der Waals surface area contributed by atoms with Gasteiger partial charge in [0, 0.05) is 6.21 Å². The van der Waals surface area contributed by atoms with Crippen LogP contribution in [0.2, 0.25) is 0 Å². The number of rotatable bonds is 5.